The molecule has 7 nitrogen and oxygen atoms in total. The fraction of sp³-hybridized carbons (Fsp3) is 0.500. The summed E-state index contributed by atoms with van der Waals surface area (Å²) in [4.78, 5) is 28.5. The summed E-state index contributed by atoms with van der Waals surface area (Å²) in [7, 11) is 1.52. The van der Waals surface area contributed by atoms with Crippen LogP contribution in [0.25, 0.3) is 0 Å². The Morgan fingerprint density at radius 2 is 2.10 bits per heavy atom. The van der Waals surface area contributed by atoms with Crippen LogP contribution in [0, 0.1) is 0 Å². The van der Waals surface area contributed by atoms with E-state index < -0.39 is 5.97 Å². The van der Waals surface area contributed by atoms with Gasteiger partial charge in [-0.1, -0.05) is 0 Å². The van der Waals surface area contributed by atoms with E-state index in [1.807, 2.05) is 0 Å². The molecule has 0 spiro atoms. The smallest absolute Gasteiger partial charge is 0.329 e. The van der Waals surface area contributed by atoms with Gasteiger partial charge in [0.1, 0.15) is 6.61 Å². The second-order valence-corrected chi connectivity index (χ2v) is 4.79. The summed E-state index contributed by atoms with van der Waals surface area (Å²) < 4.78 is 10.2. The third kappa shape index (κ3) is 4.16. The number of carboxylic acid groups (broad SMARTS) is 1. The minimum atomic E-state index is -0.974. The third-order valence-corrected chi connectivity index (χ3v) is 3.36. The molecule has 0 atom stereocenters. The maximum absolute atomic E-state index is 12.3. The van der Waals surface area contributed by atoms with Gasteiger partial charge in [-0.3, -0.25) is 4.79 Å². The van der Waals surface area contributed by atoms with Crippen molar-refractivity contribution in [1.29, 1.82) is 0 Å². The Morgan fingerprint density at radius 3 is 2.62 bits per heavy atom. The maximum Gasteiger partial charge on any atom is 0.329 e. The monoisotopic (exact) mass is 294 g/mol. The van der Waals surface area contributed by atoms with E-state index in [0.29, 0.717) is 37.4 Å². The average molecular weight is 294 g/mol. The van der Waals surface area contributed by atoms with E-state index in [-0.39, 0.29) is 18.6 Å². The number of likely N-dealkylation sites (tertiary alicyclic amines) is 1. The number of rotatable bonds is 5. The lowest BCUT2D eigenvalue weighted by atomic mass is 10.1. The fourth-order valence-corrected chi connectivity index (χ4v) is 2.22. The number of pyridine rings is 1. The number of methoxy groups -OCH3 is 1. The molecular weight excluding hydrogens is 276 g/mol. The van der Waals surface area contributed by atoms with E-state index in [0.717, 1.165) is 0 Å². The molecule has 1 aromatic heterocycles. The molecule has 1 aliphatic rings. The largest absolute Gasteiger partial charge is 0.481 e. The molecule has 1 aliphatic heterocycles. The second-order valence-electron chi connectivity index (χ2n) is 4.79. The predicted molar refractivity (Wildman–Crippen MR) is 73.3 cm³/mol. The van der Waals surface area contributed by atoms with Crippen molar-refractivity contribution >= 4 is 11.9 Å². The summed E-state index contributed by atoms with van der Waals surface area (Å²) in [6, 6.07) is 3.33. The summed E-state index contributed by atoms with van der Waals surface area (Å²) in [5.74, 6) is -0.591. The van der Waals surface area contributed by atoms with Crippen molar-refractivity contribution in [3.05, 3.63) is 23.9 Å². The minimum Gasteiger partial charge on any atom is -0.481 e. The highest BCUT2D eigenvalue weighted by Crippen LogP contribution is 2.17. The van der Waals surface area contributed by atoms with Gasteiger partial charge in [-0.15, -0.1) is 0 Å². The molecule has 2 heterocycles. The number of carbonyl (C=O) groups excluding carboxylic acids is 1. The van der Waals surface area contributed by atoms with Crippen molar-refractivity contribution in [1.82, 2.24) is 9.88 Å². The molecular formula is C14H18N2O5. The zero-order valence-electron chi connectivity index (χ0n) is 11.8. The molecule has 1 N–H and O–H groups in total. The number of hydrogen-bond donors (Lipinski definition) is 1. The Balaban J connectivity index is 1.86. The van der Waals surface area contributed by atoms with Crippen LogP contribution < -0.4 is 4.74 Å². The maximum atomic E-state index is 12.3. The zero-order valence-corrected chi connectivity index (χ0v) is 11.8. The summed E-state index contributed by atoms with van der Waals surface area (Å²) in [6.45, 7) is 0.811. The molecule has 1 saturated heterocycles. The lowest BCUT2D eigenvalue weighted by Gasteiger charge is -2.31. The highest BCUT2D eigenvalue weighted by Gasteiger charge is 2.24. The normalized spacial score (nSPS) is 15.8. The lowest BCUT2D eigenvalue weighted by Crippen LogP contribution is -2.41. The molecule has 0 aliphatic carbocycles. The first-order valence-electron chi connectivity index (χ1n) is 6.73. The first kappa shape index (κ1) is 15.2. The van der Waals surface area contributed by atoms with E-state index in [4.69, 9.17) is 14.6 Å². The zero-order chi connectivity index (χ0) is 15.2. The van der Waals surface area contributed by atoms with Gasteiger partial charge >= 0.3 is 5.97 Å². The Bertz CT molecular complexity index is 495. The lowest BCUT2D eigenvalue weighted by molar-refractivity contribution is -0.145. The highest BCUT2D eigenvalue weighted by atomic mass is 16.5. The van der Waals surface area contributed by atoms with Crippen LogP contribution in [0.5, 0.6) is 5.88 Å². The average Bonchev–Trinajstić information content (AvgIpc) is 2.53. The number of aromatic nitrogens is 1. The number of hydrogen-bond acceptors (Lipinski definition) is 5. The van der Waals surface area contributed by atoms with E-state index in [1.54, 1.807) is 17.0 Å². The molecule has 0 saturated carbocycles. The van der Waals surface area contributed by atoms with Crippen molar-refractivity contribution in [2.75, 3.05) is 26.8 Å². The highest BCUT2D eigenvalue weighted by molar-refractivity contribution is 5.94. The van der Waals surface area contributed by atoms with E-state index >= 15 is 0 Å². The topological polar surface area (TPSA) is 89.0 Å². The second kappa shape index (κ2) is 7.03. The van der Waals surface area contributed by atoms with Crippen LogP contribution in [0.1, 0.15) is 23.2 Å². The number of nitrogens with zero attached hydrogens (tertiary/aromatic N) is 2. The summed E-state index contributed by atoms with van der Waals surface area (Å²) >= 11 is 0. The van der Waals surface area contributed by atoms with Crippen molar-refractivity contribution in [3.8, 4) is 5.88 Å². The number of carbonyl (C=O) groups is 2. The van der Waals surface area contributed by atoms with Gasteiger partial charge in [0.05, 0.1) is 18.8 Å². The van der Waals surface area contributed by atoms with Gasteiger partial charge in [0, 0.05) is 25.4 Å². The molecule has 114 valence electrons. The molecule has 1 aromatic rings. The predicted octanol–water partition coefficient (Wildman–Crippen LogP) is 0.796. The molecule has 0 bridgehead atoms. The molecule has 21 heavy (non-hydrogen) atoms. The van der Waals surface area contributed by atoms with Crippen LogP contribution in [0.2, 0.25) is 0 Å². The Labute approximate surface area is 122 Å². The van der Waals surface area contributed by atoms with Crippen LogP contribution in [0.3, 0.4) is 0 Å². The van der Waals surface area contributed by atoms with Crippen LogP contribution in [0.15, 0.2) is 18.3 Å². The van der Waals surface area contributed by atoms with Gasteiger partial charge in [0.2, 0.25) is 5.88 Å². The van der Waals surface area contributed by atoms with E-state index in [2.05, 4.69) is 4.98 Å². The number of aliphatic carboxylic acids is 1. The molecule has 0 unspecified atom stereocenters. The molecule has 1 amide bonds. The fourth-order valence-electron chi connectivity index (χ4n) is 2.22. The Kier molecular flexibility index (Phi) is 5.10. The Hall–Kier alpha value is -2.15. The van der Waals surface area contributed by atoms with Crippen molar-refractivity contribution < 1.29 is 24.2 Å². The van der Waals surface area contributed by atoms with Crippen molar-refractivity contribution in [2.45, 2.75) is 18.9 Å². The first-order valence-corrected chi connectivity index (χ1v) is 6.73. The first-order chi connectivity index (χ1) is 10.1. The van der Waals surface area contributed by atoms with Gasteiger partial charge in [0.25, 0.3) is 5.91 Å². The molecule has 0 radical (unpaired) electrons. The van der Waals surface area contributed by atoms with Crippen LogP contribution >= 0.6 is 0 Å². The van der Waals surface area contributed by atoms with Gasteiger partial charge in [-0.05, 0) is 18.9 Å². The van der Waals surface area contributed by atoms with Crippen LogP contribution in [-0.2, 0) is 9.53 Å². The van der Waals surface area contributed by atoms with Gasteiger partial charge in [0.15, 0.2) is 0 Å². The van der Waals surface area contributed by atoms with Gasteiger partial charge in [-0.2, -0.15) is 0 Å². The van der Waals surface area contributed by atoms with Crippen LogP contribution in [0.4, 0.5) is 0 Å². The van der Waals surface area contributed by atoms with Gasteiger partial charge in [-0.25, -0.2) is 9.78 Å². The van der Waals surface area contributed by atoms with Crippen molar-refractivity contribution in [2.24, 2.45) is 0 Å². The summed E-state index contributed by atoms with van der Waals surface area (Å²) in [5, 5.41) is 8.57. The molecule has 0 aromatic carbocycles. The quantitative estimate of drug-likeness (QED) is 0.864. The van der Waals surface area contributed by atoms with E-state index in [9.17, 15) is 9.59 Å². The third-order valence-electron chi connectivity index (χ3n) is 3.36. The molecule has 2 rings (SSSR count). The molecule has 7 heteroatoms. The van der Waals surface area contributed by atoms with Crippen molar-refractivity contribution in [3.63, 3.8) is 0 Å². The Morgan fingerprint density at radius 1 is 1.38 bits per heavy atom. The number of piperidine rings is 1. The van der Waals surface area contributed by atoms with Crippen LogP contribution in [-0.4, -0.2) is 59.8 Å². The van der Waals surface area contributed by atoms with Gasteiger partial charge < -0.3 is 19.5 Å². The van der Waals surface area contributed by atoms with E-state index in [1.165, 1.54) is 13.3 Å². The molecule has 1 fully saturated rings. The summed E-state index contributed by atoms with van der Waals surface area (Å²) in [6.07, 6.45) is 2.68. The number of amides is 1. The number of ether oxygens (including phenoxy) is 2. The SMILES string of the molecule is COc1ccc(C(=O)N2CCC(OCC(=O)O)CC2)cn1. The standard InChI is InChI=1S/C14H18N2O5/c1-20-12-3-2-10(8-15-12)14(19)16-6-4-11(5-7-16)21-9-13(17)18/h2-3,8,11H,4-7,9H2,1H3,(H,17,18). The minimum absolute atomic E-state index is 0.0816. The number of carboxylic acids is 1. The summed E-state index contributed by atoms with van der Waals surface area (Å²) in [5.41, 5.74) is 0.515.